The van der Waals surface area contributed by atoms with Gasteiger partial charge in [-0.25, -0.2) is 0 Å². The van der Waals surface area contributed by atoms with Gasteiger partial charge in [-0.15, -0.1) is 0 Å². The standard InChI is InChI=1S/C15H30N2O/c1-11(2)9-15(3,18)10-16-12-7-13-5-6-14(8-12)17(13)4/h11-14,16,18H,5-10H2,1-4H3. The number of aliphatic hydroxyl groups is 1. The SMILES string of the molecule is CC(C)CC(C)(O)CNC1CC2CCC(C1)N2C. The molecular weight excluding hydrogens is 224 g/mol. The first-order valence-corrected chi connectivity index (χ1v) is 7.55. The number of rotatable bonds is 5. The smallest absolute Gasteiger partial charge is 0.0746 e. The summed E-state index contributed by atoms with van der Waals surface area (Å²) >= 11 is 0. The Kier molecular flexibility index (Phi) is 4.35. The number of fused-ring (bicyclic) bond motifs is 2. The summed E-state index contributed by atoms with van der Waals surface area (Å²) in [6.45, 7) is 7.04. The van der Waals surface area contributed by atoms with Crippen LogP contribution >= 0.6 is 0 Å². The second-order valence-corrected chi connectivity index (χ2v) is 7.19. The van der Waals surface area contributed by atoms with Crippen LogP contribution in [0.15, 0.2) is 0 Å². The third-order valence-corrected chi connectivity index (χ3v) is 4.72. The molecule has 0 amide bonds. The first kappa shape index (κ1) is 14.3. The Labute approximate surface area is 112 Å². The van der Waals surface area contributed by atoms with Crippen LogP contribution in [-0.4, -0.2) is 47.3 Å². The lowest BCUT2D eigenvalue weighted by Gasteiger charge is -2.38. The molecule has 0 saturated carbocycles. The van der Waals surface area contributed by atoms with Crippen LogP contribution in [0.3, 0.4) is 0 Å². The van der Waals surface area contributed by atoms with Gasteiger partial charge in [0.2, 0.25) is 0 Å². The fraction of sp³-hybridized carbons (Fsp3) is 1.00. The van der Waals surface area contributed by atoms with Crippen LogP contribution in [0.25, 0.3) is 0 Å². The largest absolute Gasteiger partial charge is 0.389 e. The molecule has 2 N–H and O–H groups in total. The number of hydrogen-bond acceptors (Lipinski definition) is 3. The molecule has 0 aromatic carbocycles. The van der Waals surface area contributed by atoms with E-state index in [4.69, 9.17) is 0 Å². The molecular formula is C15H30N2O. The average Bonchev–Trinajstić information content (AvgIpc) is 2.50. The summed E-state index contributed by atoms with van der Waals surface area (Å²) in [5, 5.41) is 14.0. The highest BCUT2D eigenvalue weighted by Crippen LogP contribution is 2.34. The molecule has 106 valence electrons. The van der Waals surface area contributed by atoms with Crippen molar-refractivity contribution in [2.45, 2.75) is 76.6 Å². The van der Waals surface area contributed by atoms with Gasteiger partial charge in [-0.2, -0.15) is 0 Å². The first-order valence-electron chi connectivity index (χ1n) is 7.55. The van der Waals surface area contributed by atoms with Gasteiger partial charge >= 0.3 is 0 Å². The molecule has 3 unspecified atom stereocenters. The molecule has 2 heterocycles. The molecule has 0 aromatic rings. The Balaban J connectivity index is 1.78. The zero-order valence-corrected chi connectivity index (χ0v) is 12.4. The number of nitrogens with one attached hydrogen (secondary N) is 1. The number of piperidine rings is 1. The molecule has 18 heavy (non-hydrogen) atoms. The van der Waals surface area contributed by atoms with Gasteiger partial charge in [0.15, 0.2) is 0 Å². The fourth-order valence-electron chi connectivity index (χ4n) is 3.89. The van der Waals surface area contributed by atoms with E-state index in [0.717, 1.165) is 25.0 Å². The summed E-state index contributed by atoms with van der Waals surface area (Å²) < 4.78 is 0. The van der Waals surface area contributed by atoms with Crippen molar-refractivity contribution in [2.24, 2.45) is 5.92 Å². The maximum Gasteiger partial charge on any atom is 0.0746 e. The van der Waals surface area contributed by atoms with E-state index in [1.54, 1.807) is 0 Å². The third kappa shape index (κ3) is 3.46. The normalized spacial score (nSPS) is 36.0. The molecule has 3 atom stereocenters. The first-order chi connectivity index (χ1) is 8.37. The Morgan fingerprint density at radius 1 is 1.28 bits per heavy atom. The lowest BCUT2D eigenvalue weighted by Crippen LogP contribution is -2.50. The van der Waals surface area contributed by atoms with Crippen molar-refractivity contribution in [1.82, 2.24) is 10.2 Å². The van der Waals surface area contributed by atoms with Crippen molar-refractivity contribution in [3.63, 3.8) is 0 Å². The minimum Gasteiger partial charge on any atom is -0.389 e. The van der Waals surface area contributed by atoms with E-state index in [0.29, 0.717) is 12.0 Å². The van der Waals surface area contributed by atoms with E-state index in [-0.39, 0.29) is 0 Å². The van der Waals surface area contributed by atoms with E-state index in [9.17, 15) is 5.11 Å². The topological polar surface area (TPSA) is 35.5 Å². The van der Waals surface area contributed by atoms with E-state index >= 15 is 0 Å². The van der Waals surface area contributed by atoms with Gasteiger partial charge in [0, 0.05) is 24.7 Å². The van der Waals surface area contributed by atoms with Gasteiger partial charge in [-0.3, -0.25) is 0 Å². The van der Waals surface area contributed by atoms with Gasteiger partial charge in [0.05, 0.1) is 5.60 Å². The van der Waals surface area contributed by atoms with Crippen molar-refractivity contribution in [3.05, 3.63) is 0 Å². The minimum atomic E-state index is -0.559. The summed E-state index contributed by atoms with van der Waals surface area (Å²) in [6.07, 6.45) is 6.11. The van der Waals surface area contributed by atoms with Crippen molar-refractivity contribution in [1.29, 1.82) is 0 Å². The second kappa shape index (κ2) is 5.48. The molecule has 2 aliphatic heterocycles. The van der Waals surface area contributed by atoms with Gasteiger partial charge in [0.25, 0.3) is 0 Å². The average molecular weight is 254 g/mol. The molecule has 0 radical (unpaired) electrons. The number of hydrogen-bond donors (Lipinski definition) is 2. The van der Waals surface area contributed by atoms with Crippen LogP contribution in [0.1, 0.15) is 52.9 Å². The summed E-state index contributed by atoms with van der Waals surface area (Å²) in [5.74, 6) is 0.551. The van der Waals surface area contributed by atoms with E-state index in [2.05, 4.69) is 31.1 Å². The van der Waals surface area contributed by atoms with Crippen LogP contribution in [0.5, 0.6) is 0 Å². The van der Waals surface area contributed by atoms with E-state index < -0.39 is 5.60 Å². The minimum absolute atomic E-state index is 0.551. The highest BCUT2D eigenvalue weighted by atomic mass is 16.3. The van der Waals surface area contributed by atoms with Crippen LogP contribution in [0, 0.1) is 5.92 Å². The van der Waals surface area contributed by atoms with Crippen LogP contribution in [0.2, 0.25) is 0 Å². The second-order valence-electron chi connectivity index (χ2n) is 7.19. The summed E-state index contributed by atoms with van der Waals surface area (Å²) in [5.41, 5.74) is -0.559. The highest BCUT2D eigenvalue weighted by molar-refractivity contribution is 4.96. The molecule has 2 bridgehead atoms. The lowest BCUT2D eigenvalue weighted by atomic mass is 9.92. The molecule has 0 spiro atoms. The highest BCUT2D eigenvalue weighted by Gasteiger charge is 2.38. The summed E-state index contributed by atoms with van der Waals surface area (Å²) in [4.78, 5) is 2.56. The zero-order chi connectivity index (χ0) is 13.3. The summed E-state index contributed by atoms with van der Waals surface area (Å²) in [7, 11) is 2.27. The quantitative estimate of drug-likeness (QED) is 0.788. The van der Waals surface area contributed by atoms with Crippen molar-refractivity contribution < 1.29 is 5.11 Å². The maximum atomic E-state index is 10.3. The molecule has 0 aromatic heterocycles. The van der Waals surface area contributed by atoms with Gasteiger partial charge in [-0.05, 0) is 52.0 Å². The van der Waals surface area contributed by atoms with Gasteiger partial charge in [-0.1, -0.05) is 13.8 Å². The third-order valence-electron chi connectivity index (χ3n) is 4.72. The molecule has 3 nitrogen and oxygen atoms in total. The Morgan fingerprint density at radius 2 is 1.83 bits per heavy atom. The van der Waals surface area contributed by atoms with Crippen LogP contribution in [0.4, 0.5) is 0 Å². The van der Waals surface area contributed by atoms with Crippen LogP contribution < -0.4 is 5.32 Å². The molecule has 2 aliphatic rings. The molecule has 2 saturated heterocycles. The molecule has 3 heteroatoms. The van der Waals surface area contributed by atoms with E-state index in [1.807, 2.05) is 6.92 Å². The Bertz CT molecular complexity index is 264. The van der Waals surface area contributed by atoms with Crippen molar-refractivity contribution >= 4 is 0 Å². The van der Waals surface area contributed by atoms with Crippen LogP contribution in [-0.2, 0) is 0 Å². The molecule has 2 fully saturated rings. The summed E-state index contributed by atoms with van der Waals surface area (Å²) in [6, 6.07) is 2.16. The Morgan fingerprint density at radius 3 is 2.33 bits per heavy atom. The Hall–Kier alpha value is -0.120. The maximum absolute atomic E-state index is 10.3. The molecule has 0 aliphatic carbocycles. The van der Waals surface area contributed by atoms with Crippen molar-refractivity contribution in [3.8, 4) is 0 Å². The van der Waals surface area contributed by atoms with Crippen molar-refractivity contribution in [2.75, 3.05) is 13.6 Å². The predicted octanol–water partition coefficient (Wildman–Crippen LogP) is 2.00. The van der Waals surface area contributed by atoms with Gasteiger partial charge in [0.1, 0.15) is 0 Å². The van der Waals surface area contributed by atoms with Gasteiger partial charge < -0.3 is 15.3 Å². The number of nitrogens with zero attached hydrogens (tertiary/aromatic N) is 1. The zero-order valence-electron chi connectivity index (χ0n) is 12.4. The lowest BCUT2D eigenvalue weighted by molar-refractivity contribution is 0.0309. The fourth-order valence-corrected chi connectivity index (χ4v) is 3.89. The van der Waals surface area contributed by atoms with E-state index in [1.165, 1.54) is 25.7 Å². The molecule has 2 rings (SSSR count). The monoisotopic (exact) mass is 254 g/mol. The predicted molar refractivity (Wildman–Crippen MR) is 75.7 cm³/mol.